The van der Waals surface area contributed by atoms with Crippen molar-refractivity contribution in [2.45, 2.75) is 130 Å². The summed E-state index contributed by atoms with van der Waals surface area (Å²) in [4.78, 5) is 12.5. The molecule has 5 rings (SSSR count). The predicted octanol–water partition coefficient (Wildman–Crippen LogP) is 4.56. The molecule has 38 heavy (non-hydrogen) atoms. The fourth-order valence-electron chi connectivity index (χ4n) is 11.3. The van der Waals surface area contributed by atoms with Crippen LogP contribution < -0.4 is 0 Å². The van der Waals surface area contributed by atoms with Gasteiger partial charge < -0.3 is 25.2 Å². The van der Waals surface area contributed by atoms with E-state index >= 15 is 0 Å². The van der Waals surface area contributed by atoms with Crippen molar-refractivity contribution in [1.82, 2.24) is 0 Å². The minimum atomic E-state index is -1.47. The lowest BCUT2D eigenvalue weighted by Crippen LogP contribution is -2.74. The molecule has 0 amide bonds. The largest absolute Gasteiger partial charge is 0.459 e. The van der Waals surface area contributed by atoms with E-state index in [0.717, 1.165) is 12.8 Å². The van der Waals surface area contributed by atoms with Crippen LogP contribution in [0.4, 0.5) is 0 Å². The number of esters is 1. The van der Waals surface area contributed by atoms with E-state index in [9.17, 15) is 25.2 Å². The highest BCUT2D eigenvalue weighted by Gasteiger charge is 2.73. The summed E-state index contributed by atoms with van der Waals surface area (Å²) in [5.74, 6) is 2.22. The van der Waals surface area contributed by atoms with Gasteiger partial charge in [-0.1, -0.05) is 48.5 Å². The Morgan fingerprint density at radius 1 is 0.947 bits per heavy atom. The first-order chi connectivity index (χ1) is 17.5. The van der Waals surface area contributed by atoms with Crippen LogP contribution in [-0.4, -0.2) is 56.4 Å². The molecule has 0 bridgehead atoms. The molecule has 0 unspecified atom stereocenters. The van der Waals surface area contributed by atoms with Gasteiger partial charge in [0.25, 0.3) is 0 Å². The molecule has 0 radical (unpaired) electrons. The van der Waals surface area contributed by atoms with Crippen molar-refractivity contribution in [3.8, 4) is 0 Å². The van der Waals surface area contributed by atoms with Gasteiger partial charge in [0.2, 0.25) is 0 Å². The molecule has 15 atom stereocenters. The second-order valence-corrected chi connectivity index (χ2v) is 15.6. The number of ether oxygens (including phenoxy) is 1. The van der Waals surface area contributed by atoms with Crippen molar-refractivity contribution in [3.05, 3.63) is 0 Å². The van der Waals surface area contributed by atoms with Crippen molar-refractivity contribution < 1.29 is 30.0 Å². The van der Waals surface area contributed by atoms with Gasteiger partial charge in [-0.15, -0.1) is 0 Å². The summed E-state index contributed by atoms with van der Waals surface area (Å²) in [6.45, 7) is 17.5. The number of fused-ring (bicyclic) bond motifs is 5. The smallest absolute Gasteiger partial charge is 0.303 e. The quantitative estimate of drug-likeness (QED) is 0.385. The molecule has 5 aliphatic rings. The van der Waals surface area contributed by atoms with Gasteiger partial charge in [-0.05, 0) is 85.4 Å². The summed E-state index contributed by atoms with van der Waals surface area (Å²) in [6.07, 6.45) is 1.68. The van der Waals surface area contributed by atoms with Crippen molar-refractivity contribution in [1.29, 1.82) is 0 Å². The zero-order valence-electron chi connectivity index (χ0n) is 25.0. The Kier molecular flexibility index (Phi) is 6.95. The van der Waals surface area contributed by atoms with E-state index in [-0.39, 0.29) is 24.2 Å². The van der Waals surface area contributed by atoms with Crippen LogP contribution in [0.25, 0.3) is 0 Å². The number of hydrogen-bond donors (Lipinski definition) is 4. The number of rotatable bonds is 5. The van der Waals surface area contributed by atoms with Crippen molar-refractivity contribution in [2.24, 2.45) is 63.6 Å². The number of aliphatic hydroxyl groups is 4. The third kappa shape index (κ3) is 3.75. The number of carbonyl (C=O) groups is 1. The molecule has 5 fully saturated rings. The van der Waals surface area contributed by atoms with Crippen molar-refractivity contribution >= 4 is 5.97 Å². The lowest BCUT2D eigenvalue weighted by atomic mass is 9.41. The summed E-state index contributed by atoms with van der Waals surface area (Å²) < 4.78 is 6.04. The van der Waals surface area contributed by atoms with Crippen LogP contribution in [0.5, 0.6) is 0 Å². The van der Waals surface area contributed by atoms with E-state index in [0.29, 0.717) is 54.3 Å². The fraction of sp³-hybridized carbons (Fsp3) is 0.969. The highest BCUT2D eigenvalue weighted by Crippen LogP contribution is 2.72. The molecule has 5 saturated carbocycles. The molecule has 0 saturated heterocycles. The van der Waals surface area contributed by atoms with Gasteiger partial charge in [0, 0.05) is 30.1 Å². The molecule has 0 aromatic carbocycles. The molecule has 6 heteroatoms. The summed E-state index contributed by atoms with van der Waals surface area (Å²) in [5, 5.41) is 46.1. The average Bonchev–Trinajstić information content (AvgIpc) is 3.39. The first kappa shape index (κ1) is 28.8. The summed E-state index contributed by atoms with van der Waals surface area (Å²) in [6, 6.07) is 0. The zero-order valence-corrected chi connectivity index (χ0v) is 25.0. The van der Waals surface area contributed by atoms with Crippen LogP contribution in [0.2, 0.25) is 0 Å². The first-order valence-electron chi connectivity index (χ1n) is 15.5. The third-order valence-corrected chi connectivity index (χ3v) is 13.9. The summed E-state index contributed by atoms with van der Waals surface area (Å²) in [7, 11) is 0. The lowest BCUT2D eigenvalue weighted by Gasteiger charge is -2.67. The van der Waals surface area contributed by atoms with Gasteiger partial charge in [-0.25, -0.2) is 0 Å². The average molecular weight is 535 g/mol. The molecule has 0 aromatic rings. The van der Waals surface area contributed by atoms with E-state index in [4.69, 9.17) is 4.74 Å². The second-order valence-electron chi connectivity index (χ2n) is 15.6. The highest BCUT2D eigenvalue weighted by molar-refractivity contribution is 5.66. The summed E-state index contributed by atoms with van der Waals surface area (Å²) in [5.41, 5.74) is -2.33. The molecule has 218 valence electrons. The molecule has 0 aliphatic heterocycles. The van der Waals surface area contributed by atoms with E-state index in [1.807, 2.05) is 6.92 Å². The van der Waals surface area contributed by atoms with Gasteiger partial charge in [-0.2, -0.15) is 0 Å². The van der Waals surface area contributed by atoms with E-state index in [1.165, 1.54) is 13.3 Å². The maximum Gasteiger partial charge on any atom is 0.303 e. The minimum Gasteiger partial charge on any atom is -0.459 e. The standard InChI is InChI=1S/C32H54O6/c1-16(2)18(4)29(6)15-24(29)17(3)22-9-10-23-21-13-25(35)32(37)14-20(34)11-12-30(32,7)26(21)27(38-19(5)33)28(36)31(22,23)8/h16-18,20-28,34-37H,9-15H2,1-8H3/t17-,18+,20-,21-,22+,23-,24+,25+,26+,27-,28+,29+,30+,31+,32-/m0/s1. The van der Waals surface area contributed by atoms with Crippen LogP contribution >= 0.6 is 0 Å². The minimum absolute atomic E-state index is 0.0423. The Hall–Kier alpha value is -0.690. The maximum atomic E-state index is 12.5. The number of hydrogen-bond acceptors (Lipinski definition) is 6. The molecular weight excluding hydrogens is 480 g/mol. The predicted molar refractivity (Wildman–Crippen MR) is 146 cm³/mol. The lowest BCUT2D eigenvalue weighted by molar-refractivity contribution is -0.302. The van der Waals surface area contributed by atoms with E-state index in [2.05, 4.69) is 41.5 Å². The Bertz CT molecular complexity index is 937. The SMILES string of the molecule is CC(=O)O[C@H]1[C@H]2[C@@H](C[C@@H](O)[C@@]3(O)C[C@@H](O)CC[C@]23C)[C@@H]2CC[C@H]([C@H](C)[C@H]3C[C@]3(C)[C@H](C)C(C)C)[C@@]2(C)[C@@H]1O. The number of aliphatic hydroxyl groups excluding tert-OH is 3. The van der Waals surface area contributed by atoms with Crippen LogP contribution in [0, 0.1) is 63.6 Å². The monoisotopic (exact) mass is 534 g/mol. The van der Waals surface area contributed by atoms with Crippen LogP contribution in [0.3, 0.4) is 0 Å². The maximum absolute atomic E-state index is 12.5. The molecule has 4 N–H and O–H groups in total. The summed E-state index contributed by atoms with van der Waals surface area (Å²) >= 11 is 0. The molecule has 6 nitrogen and oxygen atoms in total. The van der Waals surface area contributed by atoms with E-state index in [1.54, 1.807) is 0 Å². The topological polar surface area (TPSA) is 107 Å². The highest BCUT2D eigenvalue weighted by atomic mass is 16.6. The Labute approximate surface area is 229 Å². The molecule has 0 spiro atoms. The first-order valence-corrected chi connectivity index (χ1v) is 15.5. The third-order valence-electron chi connectivity index (χ3n) is 13.9. The molecule has 0 heterocycles. The van der Waals surface area contributed by atoms with Crippen molar-refractivity contribution in [3.63, 3.8) is 0 Å². The fourth-order valence-corrected chi connectivity index (χ4v) is 11.3. The van der Waals surface area contributed by atoms with Gasteiger partial charge in [0.15, 0.2) is 0 Å². The van der Waals surface area contributed by atoms with E-state index < -0.39 is 46.8 Å². The van der Waals surface area contributed by atoms with Crippen molar-refractivity contribution in [2.75, 3.05) is 0 Å². The van der Waals surface area contributed by atoms with Gasteiger partial charge in [-0.3, -0.25) is 4.79 Å². The second kappa shape index (κ2) is 9.16. The Morgan fingerprint density at radius 3 is 2.21 bits per heavy atom. The molecule has 5 aliphatic carbocycles. The normalized spacial score (nSPS) is 55.4. The van der Waals surface area contributed by atoms with Crippen LogP contribution in [0.15, 0.2) is 0 Å². The molecular formula is C32H54O6. The van der Waals surface area contributed by atoms with Gasteiger partial charge in [0.05, 0.1) is 23.9 Å². The molecule has 0 aromatic heterocycles. The van der Waals surface area contributed by atoms with Crippen LogP contribution in [0.1, 0.15) is 100 Å². The Balaban J connectivity index is 1.52. The van der Waals surface area contributed by atoms with Gasteiger partial charge in [0.1, 0.15) is 6.10 Å². The zero-order chi connectivity index (χ0) is 28.2. The number of carbonyl (C=O) groups excluding carboxylic acids is 1. The van der Waals surface area contributed by atoms with Crippen LogP contribution in [-0.2, 0) is 9.53 Å². The Morgan fingerprint density at radius 2 is 1.61 bits per heavy atom. The van der Waals surface area contributed by atoms with Gasteiger partial charge >= 0.3 is 5.97 Å².